The van der Waals surface area contributed by atoms with Gasteiger partial charge in [0.25, 0.3) is 5.91 Å². The van der Waals surface area contributed by atoms with Crippen molar-refractivity contribution in [2.24, 2.45) is 5.73 Å². The van der Waals surface area contributed by atoms with Gasteiger partial charge in [-0.25, -0.2) is 9.97 Å². The van der Waals surface area contributed by atoms with Crippen LogP contribution in [0.25, 0.3) is 5.57 Å². The van der Waals surface area contributed by atoms with Crippen molar-refractivity contribution < 1.29 is 18.0 Å². The Morgan fingerprint density at radius 1 is 1.20 bits per heavy atom. The van der Waals surface area contributed by atoms with Crippen LogP contribution in [-0.4, -0.2) is 54.0 Å². The van der Waals surface area contributed by atoms with Gasteiger partial charge in [0.05, 0.1) is 10.7 Å². The summed E-state index contributed by atoms with van der Waals surface area (Å²) in [4.78, 5) is 24.8. The lowest BCUT2D eigenvalue weighted by atomic mass is 10.2. The van der Waals surface area contributed by atoms with Crippen LogP contribution >= 0.6 is 11.8 Å². The minimum atomic E-state index is -4.65. The molecule has 4 rings (SSSR count). The normalized spacial score (nSPS) is 18.7. The molecule has 0 unspecified atom stereocenters. The summed E-state index contributed by atoms with van der Waals surface area (Å²) in [6, 6.07) is 6.61. The quantitative estimate of drug-likeness (QED) is 0.716. The van der Waals surface area contributed by atoms with Crippen molar-refractivity contribution >= 4 is 34.6 Å². The van der Waals surface area contributed by atoms with Gasteiger partial charge < -0.3 is 20.9 Å². The predicted octanol–water partition coefficient (Wildman–Crippen LogP) is 2.62. The van der Waals surface area contributed by atoms with E-state index >= 15 is 0 Å². The number of anilines is 2. The Kier molecular flexibility index (Phi) is 5.33. The molecule has 1 saturated heterocycles. The number of carbonyl (C=O) groups is 1. The zero-order valence-electron chi connectivity index (χ0n) is 16.0. The van der Waals surface area contributed by atoms with E-state index in [1.807, 2.05) is 18.2 Å². The zero-order chi connectivity index (χ0) is 21.5. The van der Waals surface area contributed by atoms with Crippen LogP contribution in [-0.2, 0) is 11.0 Å². The number of halogens is 3. The Labute approximate surface area is 175 Å². The lowest BCUT2D eigenvalue weighted by molar-refractivity contribution is -0.141. The molecule has 11 heteroatoms. The second-order valence-corrected chi connectivity index (χ2v) is 8.08. The van der Waals surface area contributed by atoms with E-state index in [0.29, 0.717) is 5.03 Å². The third-order valence-corrected chi connectivity index (χ3v) is 6.00. The first-order valence-electron chi connectivity index (χ1n) is 9.19. The lowest BCUT2D eigenvalue weighted by Gasteiger charge is -2.34. The molecule has 0 aliphatic carbocycles. The minimum absolute atomic E-state index is 0.177. The summed E-state index contributed by atoms with van der Waals surface area (Å²) in [5.41, 5.74) is 5.96. The Balaban J connectivity index is 1.65. The van der Waals surface area contributed by atoms with Crippen molar-refractivity contribution in [1.82, 2.24) is 14.9 Å². The first-order chi connectivity index (χ1) is 14.2. The molecule has 3 heterocycles. The number of likely N-dealkylation sites (N-methyl/N-ethyl adjacent to an activating group) is 1. The average Bonchev–Trinajstić information content (AvgIpc) is 3.10. The summed E-state index contributed by atoms with van der Waals surface area (Å²) >= 11 is 1.23. The highest BCUT2D eigenvalue weighted by molar-refractivity contribution is 8.04. The van der Waals surface area contributed by atoms with Crippen LogP contribution in [0.1, 0.15) is 11.5 Å². The van der Waals surface area contributed by atoms with Gasteiger partial charge in [-0.2, -0.15) is 13.2 Å². The van der Waals surface area contributed by atoms with Crippen LogP contribution in [0.3, 0.4) is 0 Å². The number of nitrogens with two attached hydrogens (primary N) is 1. The number of alkyl halides is 3. The van der Waals surface area contributed by atoms with E-state index in [0.717, 1.165) is 54.7 Å². The molecule has 30 heavy (non-hydrogen) atoms. The third kappa shape index (κ3) is 4.08. The summed E-state index contributed by atoms with van der Waals surface area (Å²) < 4.78 is 39.1. The number of piperazine rings is 1. The fraction of sp³-hybridized carbons (Fsp3) is 0.316. The standard InChI is InChI=1S/C19H19F3N6OS/c1-27-6-8-28(9-7-27)11-2-3-12-13(10-11)30-18(25-12)15(16(23)29)17-24-5-4-14(26-17)19(20,21)22/h2-5,10,25H,6-9H2,1H3,(H2,23,29)/b18-15-. The zero-order valence-corrected chi connectivity index (χ0v) is 16.8. The fourth-order valence-electron chi connectivity index (χ4n) is 3.29. The maximum Gasteiger partial charge on any atom is 0.433 e. The maximum atomic E-state index is 13.0. The Hall–Kier alpha value is -2.79. The lowest BCUT2D eigenvalue weighted by Crippen LogP contribution is -2.44. The summed E-state index contributed by atoms with van der Waals surface area (Å²) in [7, 11) is 2.08. The molecule has 3 N–H and O–H groups in total. The van der Waals surface area contributed by atoms with Gasteiger partial charge in [0.1, 0.15) is 11.3 Å². The molecule has 0 radical (unpaired) electrons. The molecule has 7 nitrogen and oxygen atoms in total. The number of primary amides is 1. The monoisotopic (exact) mass is 436 g/mol. The van der Waals surface area contributed by atoms with E-state index in [9.17, 15) is 18.0 Å². The van der Waals surface area contributed by atoms with Crippen LogP contribution in [0.2, 0.25) is 0 Å². The van der Waals surface area contributed by atoms with E-state index in [-0.39, 0.29) is 11.4 Å². The van der Waals surface area contributed by atoms with E-state index in [2.05, 4.69) is 32.1 Å². The van der Waals surface area contributed by atoms with E-state index in [1.54, 1.807) is 0 Å². The van der Waals surface area contributed by atoms with Crippen LogP contribution in [0.4, 0.5) is 24.5 Å². The largest absolute Gasteiger partial charge is 0.433 e. The minimum Gasteiger partial charge on any atom is -0.369 e. The van der Waals surface area contributed by atoms with Crippen molar-refractivity contribution in [2.45, 2.75) is 11.1 Å². The van der Waals surface area contributed by atoms with Crippen molar-refractivity contribution in [2.75, 3.05) is 43.4 Å². The summed E-state index contributed by atoms with van der Waals surface area (Å²) in [5, 5.41) is 3.38. The highest BCUT2D eigenvalue weighted by Gasteiger charge is 2.34. The predicted molar refractivity (Wildman–Crippen MR) is 109 cm³/mol. The number of rotatable bonds is 3. The number of hydrogen-bond donors (Lipinski definition) is 2. The number of carbonyl (C=O) groups excluding carboxylic acids is 1. The third-order valence-electron chi connectivity index (χ3n) is 4.94. The summed E-state index contributed by atoms with van der Waals surface area (Å²) in [6.07, 6.45) is -3.69. The highest BCUT2D eigenvalue weighted by Crippen LogP contribution is 2.45. The second-order valence-electron chi connectivity index (χ2n) is 7.03. The van der Waals surface area contributed by atoms with Crippen LogP contribution < -0.4 is 16.0 Å². The molecular weight excluding hydrogens is 417 g/mol. The van der Waals surface area contributed by atoms with E-state index in [1.165, 1.54) is 11.8 Å². The number of aromatic nitrogens is 2. The van der Waals surface area contributed by atoms with E-state index < -0.39 is 17.8 Å². The maximum absolute atomic E-state index is 13.0. The molecule has 2 aliphatic rings. The van der Waals surface area contributed by atoms with Gasteiger partial charge >= 0.3 is 6.18 Å². The number of thioether (sulfide) groups is 1. The Morgan fingerprint density at radius 3 is 2.60 bits per heavy atom. The van der Waals surface area contributed by atoms with Crippen LogP contribution in [0, 0.1) is 0 Å². The fourth-order valence-corrected chi connectivity index (χ4v) is 4.38. The number of nitrogens with zero attached hydrogens (tertiary/aromatic N) is 4. The molecule has 1 aromatic carbocycles. The van der Waals surface area contributed by atoms with Crippen molar-refractivity contribution in [3.05, 3.63) is 47.0 Å². The molecular formula is C19H19F3N6OS. The topological polar surface area (TPSA) is 87.4 Å². The van der Waals surface area contributed by atoms with Gasteiger partial charge in [-0.15, -0.1) is 0 Å². The van der Waals surface area contributed by atoms with Gasteiger partial charge in [0.2, 0.25) is 0 Å². The molecule has 0 atom stereocenters. The molecule has 0 spiro atoms. The number of hydrogen-bond acceptors (Lipinski definition) is 7. The van der Waals surface area contributed by atoms with Crippen molar-refractivity contribution in [3.8, 4) is 0 Å². The van der Waals surface area contributed by atoms with Crippen molar-refractivity contribution in [1.29, 1.82) is 0 Å². The SMILES string of the molecule is CN1CCN(c2ccc3c(c2)S/C(=C(/C(N)=O)c2nccc(C(F)(F)F)n2)N3)CC1. The summed E-state index contributed by atoms with van der Waals surface area (Å²) in [6.45, 7) is 3.74. The average molecular weight is 436 g/mol. The second kappa shape index (κ2) is 7.80. The molecule has 1 amide bonds. The number of fused-ring (bicyclic) bond motifs is 1. The van der Waals surface area contributed by atoms with Crippen LogP contribution in [0.5, 0.6) is 0 Å². The highest BCUT2D eigenvalue weighted by atomic mass is 32.2. The molecule has 1 aromatic heterocycles. The Morgan fingerprint density at radius 2 is 1.93 bits per heavy atom. The van der Waals surface area contributed by atoms with Crippen LogP contribution in [0.15, 0.2) is 40.4 Å². The molecule has 158 valence electrons. The van der Waals surface area contributed by atoms with Gasteiger partial charge in [-0.1, -0.05) is 11.8 Å². The Bertz CT molecular complexity index is 1020. The molecule has 2 aliphatic heterocycles. The first kappa shape index (κ1) is 20.5. The number of nitrogens with one attached hydrogen (secondary N) is 1. The number of benzene rings is 1. The summed E-state index contributed by atoms with van der Waals surface area (Å²) in [5.74, 6) is -1.27. The smallest absolute Gasteiger partial charge is 0.369 e. The van der Waals surface area contributed by atoms with Gasteiger partial charge in [-0.3, -0.25) is 4.79 Å². The van der Waals surface area contributed by atoms with Crippen molar-refractivity contribution in [3.63, 3.8) is 0 Å². The van der Waals surface area contributed by atoms with Gasteiger partial charge in [0, 0.05) is 43.0 Å². The van der Waals surface area contributed by atoms with E-state index in [4.69, 9.17) is 5.73 Å². The first-order valence-corrected chi connectivity index (χ1v) is 10.0. The molecule has 0 bridgehead atoms. The number of amides is 1. The van der Waals surface area contributed by atoms with Gasteiger partial charge in [-0.05, 0) is 31.3 Å². The van der Waals surface area contributed by atoms with Gasteiger partial charge in [0.15, 0.2) is 5.82 Å². The molecule has 0 saturated carbocycles. The molecule has 1 fully saturated rings. The molecule has 2 aromatic rings.